The van der Waals surface area contributed by atoms with E-state index in [1.807, 2.05) is 48.7 Å². The largest absolute Gasteiger partial charge is 0.438 e. The van der Waals surface area contributed by atoms with Crippen molar-refractivity contribution in [1.29, 1.82) is 0 Å². The molecule has 1 saturated carbocycles. The molecule has 34 heavy (non-hydrogen) atoms. The first-order valence-electron chi connectivity index (χ1n) is 11.4. The quantitative estimate of drug-likeness (QED) is 0.462. The van der Waals surface area contributed by atoms with E-state index >= 15 is 0 Å². The van der Waals surface area contributed by atoms with Crippen molar-refractivity contribution in [2.45, 2.75) is 43.2 Å². The Labute approximate surface area is 203 Å². The molecule has 1 aromatic carbocycles. The van der Waals surface area contributed by atoms with Crippen molar-refractivity contribution in [3.8, 4) is 11.6 Å². The van der Waals surface area contributed by atoms with E-state index in [1.165, 1.54) is 0 Å². The van der Waals surface area contributed by atoms with Crippen LogP contribution in [0.2, 0.25) is 0 Å². The van der Waals surface area contributed by atoms with Gasteiger partial charge in [-0.2, -0.15) is 0 Å². The van der Waals surface area contributed by atoms with Gasteiger partial charge in [-0.3, -0.25) is 14.6 Å². The van der Waals surface area contributed by atoms with Crippen molar-refractivity contribution in [2.24, 2.45) is 5.92 Å². The summed E-state index contributed by atoms with van der Waals surface area (Å²) < 4.78 is 5.89. The second-order valence-electron chi connectivity index (χ2n) is 8.19. The molecule has 0 atom stereocenters. The summed E-state index contributed by atoms with van der Waals surface area (Å²) in [6, 6.07) is 16.8. The van der Waals surface area contributed by atoms with Gasteiger partial charge in [0, 0.05) is 29.2 Å². The fourth-order valence-corrected chi connectivity index (χ4v) is 4.40. The molecule has 0 saturated heterocycles. The highest BCUT2D eigenvalue weighted by Crippen LogP contribution is 2.27. The Hall–Kier alpha value is -3.39. The summed E-state index contributed by atoms with van der Waals surface area (Å²) in [5, 5.41) is 6.07. The Balaban J connectivity index is 1.29. The molecule has 3 aromatic rings. The molecule has 8 heteroatoms. The third-order valence-corrected chi connectivity index (χ3v) is 6.64. The molecule has 0 bridgehead atoms. The summed E-state index contributed by atoms with van der Waals surface area (Å²) in [6.45, 7) is 0.431. The van der Waals surface area contributed by atoms with Crippen molar-refractivity contribution in [3.63, 3.8) is 0 Å². The maximum Gasteiger partial charge on any atom is 0.257 e. The number of hydrogen-bond donors (Lipinski definition) is 2. The topological polar surface area (TPSA) is 93.2 Å². The number of thioether (sulfide) groups is 1. The summed E-state index contributed by atoms with van der Waals surface area (Å²) in [6.07, 6.45) is 8.31. The molecule has 4 rings (SSSR count). The molecule has 0 unspecified atom stereocenters. The number of carbonyl (C=O) groups excluding carboxylic acids is 2. The molecule has 2 heterocycles. The Morgan fingerprint density at radius 3 is 2.44 bits per heavy atom. The molecule has 0 spiro atoms. The van der Waals surface area contributed by atoms with Gasteiger partial charge >= 0.3 is 0 Å². The van der Waals surface area contributed by atoms with Crippen LogP contribution in [0.1, 0.15) is 41.7 Å². The maximum atomic E-state index is 13.0. The van der Waals surface area contributed by atoms with Gasteiger partial charge in [0.15, 0.2) is 0 Å². The molecule has 1 aliphatic carbocycles. The number of pyridine rings is 2. The highest BCUT2D eigenvalue weighted by Gasteiger charge is 2.28. The Bertz CT molecular complexity index is 1100. The lowest BCUT2D eigenvalue weighted by Crippen LogP contribution is -2.41. The van der Waals surface area contributed by atoms with E-state index in [0.717, 1.165) is 36.3 Å². The van der Waals surface area contributed by atoms with Gasteiger partial charge in [-0.05, 0) is 80.5 Å². The lowest BCUT2D eigenvalue weighted by Gasteiger charge is -2.28. The van der Waals surface area contributed by atoms with E-state index in [4.69, 9.17) is 4.74 Å². The highest BCUT2D eigenvalue weighted by atomic mass is 32.2. The van der Waals surface area contributed by atoms with Crippen LogP contribution in [0, 0.1) is 5.92 Å². The molecule has 2 N–H and O–H groups in total. The Morgan fingerprint density at radius 2 is 1.74 bits per heavy atom. The van der Waals surface area contributed by atoms with Gasteiger partial charge < -0.3 is 15.4 Å². The minimum Gasteiger partial charge on any atom is -0.438 e. The number of nitrogens with zero attached hydrogens (tertiary/aromatic N) is 2. The van der Waals surface area contributed by atoms with Gasteiger partial charge in [-0.25, -0.2) is 4.98 Å². The summed E-state index contributed by atoms with van der Waals surface area (Å²) in [5.74, 6) is 0.693. The number of amides is 2. The van der Waals surface area contributed by atoms with E-state index in [-0.39, 0.29) is 29.7 Å². The zero-order valence-corrected chi connectivity index (χ0v) is 19.9. The van der Waals surface area contributed by atoms with E-state index in [9.17, 15) is 9.59 Å². The number of benzene rings is 1. The van der Waals surface area contributed by atoms with Crippen molar-refractivity contribution in [1.82, 2.24) is 20.6 Å². The van der Waals surface area contributed by atoms with Crippen LogP contribution < -0.4 is 15.4 Å². The van der Waals surface area contributed by atoms with Crippen LogP contribution in [0.25, 0.3) is 0 Å². The molecule has 2 amide bonds. The fraction of sp³-hybridized carbons (Fsp3) is 0.308. The summed E-state index contributed by atoms with van der Waals surface area (Å²) in [5.41, 5.74) is 1.23. The van der Waals surface area contributed by atoms with Gasteiger partial charge in [0.05, 0.1) is 12.2 Å². The minimum atomic E-state index is -0.216. The van der Waals surface area contributed by atoms with Crippen LogP contribution >= 0.6 is 11.8 Å². The van der Waals surface area contributed by atoms with Crippen molar-refractivity contribution in [2.75, 3.05) is 6.26 Å². The number of carbonyl (C=O) groups is 2. The van der Waals surface area contributed by atoms with Crippen LogP contribution in [0.15, 0.2) is 71.9 Å². The summed E-state index contributed by atoms with van der Waals surface area (Å²) >= 11 is 1.65. The lowest BCUT2D eigenvalue weighted by molar-refractivity contribution is -0.126. The van der Waals surface area contributed by atoms with Crippen LogP contribution in [0.3, 0.4) is 0 Å². The first kappa shape index (κ1) is 23.8. The van der Waals surface area contributed by atoms with E-state index in [1.54, 1.807) is 36.3 Å². The number of rotatable bonds is 8. The predicted molar refractivity (Wildman–Crippen MR) is 132 cm³/mol. The molecule has 1 fully saturated rings. The normalized spacial score (nSPS) is 17.6. The zero-order chi connectivity index (χ0) is 23.8. The number of hydrogen-bond acceptors (Lipinski definition) is 6. The summed E-state index contributed by atoms with van der Waals surface area (Å²) in [7, 11) is 0. The first-order valence-corrected chi connectivity index (χ1v) is 12.6. The molecule has 0 radical (unpaired) electrons. The van der Waals surface area contributed by atoms with Crippen molar-refractivity contribution in [3.05, 3.63) is 78.2 Å². The van der Waals surface area contributed by atoms with E-state index < -0.39 is 0 Å². The van der Waals surface area contributed by atoms with Gasteiger partial charge in [-0.15, -0.1) is 11.8 Å². The minimum absolute atomic E-state index is 0.0151. The van der Waals surface area contributed by atoms with Gasteiger partial charge in [0.2, 0.25) is 11.8 Å². The molecule has 2 aromatic heterocycles. The second kappa shape index (κ2) is 11.7. The Kier molecular flexibility index (Phi) is 8.14. The van der Waals surface area contributed by atoms with Crippen molar-refractivity contribution < 1.29 is 14.3 Å². The number of nitrogens with one attached hydrogen (secondary N) is 2. The predicted octanol–water partition coefficient (Wildman–Crippen LogP) is 4.60. The van der Waals surface area contributed by atoms with Crippen LogP contribution in [-0.4, -0.2) is 34.1 Å². The average molecular weight is 477 g/mol. The van der Waals surface area contributed by atoms with Crippen LogP contribution in [0.5, 0.6) is 11.6 Å². The number of aromatic nitrogens is 2. The summed E-state index contributed by atoms with van der Waals surface area (Å²) in [4.78, 5) is 35.1. The van der Waals surface area contributed by atoms with Crippen molar-refractivity contribution >= 4 is 23.6 Å². The standard InChI is InChI=1S/C26H28N4O3S/c1-34-22-13-11-21(12-14-22)33-26-23(6-4-16-28-26)25(32)30-19-9-7-18(8-10-19)24(31)29-17-20-5-2-3-15-27-20/h2-6,11-16,18-19H,7-10,17H2,1H3,(H,29,31)(H,30,32)/t18-,19+. The van der Waals surface area contributed by atoms with Gasteiger partial charge in [0.1, 0.15) is 11.3 Å². The maximum absolute atomic E-state index is 13.0. The lowest BCUT2D eigenvalue weighted by atomic mass is 9.85. The molecule has 0 aliphatic heterocycles. The smallest absolute Gasteiger partial charge is 0.257 e. The number of ether oxygens (including phenoxy) is 1. The fourth-order valence-electron chi connectivity index (χ4n) is 3.99. The molecule has 7 nitrogen and oxygen atoms in total. The third kappa shape index (κ3) is 6.35. The Morgan fingerprint density at radius 1 is 0.971 bits per heavy atom. The van der Waals surface area contributed by atoms with Gasteiger partial charge in [-0.1, -0.05) is 6.07 Å². The highest BCUT2D eigenvalue weighted by molar-refractivity contribution is 7.98. The van der Waals surface area contributed by atoms with Gasteiger partial charge in [0.25, 0.3) is 5.91 Å². The first-order chi connectivity index (χ1) is 16.6. The average Bonchev–Trinajstić information content (AvgIpc) is 2.89. The van der Waals surface area contributed by atoms with Crippen LogP contribution in [-0.2, 0) is 11.3 Å². The molecular formula is C26H28N4O3S. The monoisotopic (exact) mass is 476 g/mol. The zero-order valence-electron chi connectivity index (χ0n) is 19.1. The second-order valence-corrected chi connectivity index (χ2v) is 9.07. The van der Waals surface area contributed by atoms with E-state index in [0.29, 0.717) is 17.9 Å². The SMILES string of the molecule is CSc1ccc(Oc2ncccc2C(=O)N[C@H]2CC[C@@H](C(=O)NCc3ccccn3)CC2)cc1. The van der Waals surface area contributed by atoms with Crippen LogP contribution in [0.4, 0.5) is 0 Å². The molecular weight excluding hydrogens is 448 g/mol. The van der Waals surface area contributed by atoms with E-state index in [2.05, 4.69) is 20.6 Å². The molecule has 1 aliphatic rings. The molecule has 176 valence electrons. The third-order valence-electron chi connectivity index (χ3n) is 5.89.